The third-order valence-electron chi connectivity index (χ3n) is 2.88. The molecule has 0 spiro atoms. The van der Waals surface area contributed by atoms with Gasteiger partial charge in [-0.2, -0.15) is 10.2 Å². The number of nitrogens with one attached hydrogen (secondary N) is 1. The van der Waals surface area contributed by atoms with E-state index in [1.807, 2.05) is 18.5 Å². The normalized spacial score (nSPS) is 11.2. The molecule has 0 amide bonds. The van der Waals surface area contributed by atoms with Crippen LogP contribution < -0.4 is 5.32 Å². The summed E-state index contributed by atoms with van der Waals surface area (Å²) in [5, 5.41) is 12.7. The molecular weight excluding hydrogens is 264 g/mol. The maximum Gasteiger partial charge on any atom is 0.164 e. The van der Waals surface area contributed by atoms with Crippen LogP contribution in [0.1, 0.15) is 31.1 Å². The maximum atomic E-state index is 6.28. The predicted molar refractivity (Wildman–Crippen MR) is 74.2 cm³/mol. The number of hydrogen-bond donors (Lipinski definition) is 1. The summed E-state index contributed by atoms with van der Waals surface area (Å²) in [5.74, 6) is 0.789. The standard InChI is InChI=1S/C12H19ClN6/c1-4-14-6-11-15-8-18(17-11)7-10-12(13)9(3)16-19(10)5-2/h8,14H,4-7H2,1-3H3. The van der Waals surface area contributed by atoms with Crippen molar-refractivity contribution in [2.75, 3.05) is 6.54 Å². The topological polar surface area (TPSA) is 60.6 Å². The molecule has 0 aromatic carbocycles. The van der Waals surface area contributed by atoms with Crippen LogP contribution in [-0.2, 0) is 19.6 Å². The van der Waals surface area contributed by atoms with Gasteiger partial charge >= 0.3 is 0 Å². The second kappa shape index (κ2) is 6.16. The fraction of sp³-hybridized carbons (Fsp3) is 0.583. The molecule has 0 aliphatic carbocycles. The van der Waals surface area contributed by atoms with Crippen molar-refractivity contribution < 1.29 is 0 Å². The average Bonchev–Trinajstić information content (AvgIpc) is 2.96. The van der Waals surface area contributed by atoms with Gasteiger partial charge in [-0.1, -0.05) is 18.5 Å². The molecule has 0 aliphatic rings. The van der Waals surface area contributed by atoms with Gasteiger partial charge in [0.15, 0.2) is 5.82 Å². The van der Waals surface area contributed by atoms with Crippen LogP contribution in [0.4, 0.5) is 0 Å². The van der Waals surface area contributed by atoms with Crippen LogP contribution in [0.3, 0.4) is 0 Å². The molecule has 0 radical (unpaired) electrons. The Morgan fingerprint density at radius 3 is 2.79 bits per heavy atom. The number of hydrogen-bond acceptors (Lipinski definition) is 4. The van der Waals surface area contributed by atoms with Crippen molar-refractivity contribution in [2.45, 2.75) is 40.4 Å². The largest absolute Gasteiger partial charge is 0.310 e. The molecule has 0 fully saturated rings. The smallest absolute Gasteiger partial charge is 0.164 e. The van der Waals surface area contributed by atoms with E-state index in [9.17, 15) is 0 Å². The Kier molecular flexibility index (Phi) is 4.55. The highest BCUT2D eigenvalue weighted by Crippen LogP contribution is 2.20. The zero-order valence-electron chi connectivity index (χ0n) is 11.5. The molecule has 0 atom stereocenters. The first kappa shape index (κ1) is 14.0. The van der Waals surface area contributed by atoms with Gasteiger partial charge in [0.2, 0.25) is 0 Å². The van der Waals surface area contributed by atoms with E-state index in [2.05, 4.69) is 27.4 Å². The summed E-state index contributed by atoms with van der Waals surface area (Å²) >= 11 is 6.28. The monoisotopic (exact) mass is 282 g/mol. The van der Waals surface area contributed by atoms with E-state index in [1.165, 1.54) is 0 Å². The van der Waals surface area contributed by atoms with Gasteiger partial charge in [-0.15, -0.1) is 0 Å². The van der Waals surface area contributed by atoms with Crippen molar-refractivity contribution >= 4 is 11.6 Å². The van der Waals surface area contributed by atoms with Gasteiger partial charge in [-0.25, -0.2) is 9.67 Å². The third-order valence-corrected chi connectivity index (χ3v) is 3.37. The van der Waals surface area contributed by atoms with Crippen LogP contribution in [-0.4, -0.2) is 31.1 Å². The second-order valence-corrected chi connectivity index (χ2v) is 4.68. The second-order valence-electron chi connectivity index (χ2n) is 4.30. The minimum absolute atomic E-state index is 0.590. The summed E-state index contributed by atoms with van der Waals surface area (Å²) < 4.78 is 3.70. The van der Waals surface area contributed by atoms with Gasteiger partial charge in [0.05, 0.1) is 29.5 Å². The van der Waals surface area contributed by atoms with Crippen molar-refractivity contribution in [3.05, 3.63) is 28.6 Å². The van der Waals surface area contributed by atoms with E-state index in [4.69, 9.17) is 11.6 Å². The van der Waals surface area contributed by atoms with Crippen molar-refractivity contribution in [3.63, 3.8) is 0 Å². The Balaban J connectivity index is 2.14. The van der Waals surface area contributed by atoms with Crippen LogP contribution >= 0.6 is 11.6 Å². The third kappa shape index (κ3) is 3.13. The Morgan fingerprint density at radius 2 is 2.11 bits per heavy atom. The summed E-state index contributed by atoms with van der Waals surface area (Å²) in [6, 6.07) is 0. The number of aryl methyl sites for hydroxylation is 2. The molecule has 2 aromatic heterocycles. The first-order valence-electron chi connectivity index (χ1n) is 6.46. The van der Waals surface area contributed by atoms with Crippen molar-refractivity contribution in [1.82, 2.24) is 29.9 Å². The minimum Gasteiger partial charge on any atom is -0.310 e. The Labute approximate surface area is 117 Å². The van der Waals surface area contributed by atoms with Crippen LogP contribution in [0.5, 0.6) is 0 Å². The van der Waals surface area contributed by atoms with E-state index in [-0.39, 0.29) is 0 Å². The highest BCUT2D eigenvalue weighted by atomic mass is 35.5. The molecule has 1 N–H and O–H groups in total. The minimum atomic E-state index is 0.590. The molecule has 0 aliphatic heterocycles. The van der Waals surface area contributed by atoms with Gasteiger partial charge < -0.3 is 5.32 Å². The lowest BCUT2D eigenvalue weighted by Gasteiger charge is -2.05. The molecule has 0 saturated carbocycles. The summed E-state index contributed by atoms with van der Waals surface area (Å²) in [4.78, 5) is 4.26. The molecular formula is C12H19ClN6. The van der Waals surface area contributed by atoms with E-state index < -0.39 is 0 Å². The van der Waals surface area contributed by atoms with Gasteiger partial charge in [-0.3, -0.25) is 4.68 Å². The zero-order valence-corrected chi connectivity index (χ0v) is 12.3. The Morgan fingerprint density at radius 1 is 1.32 bits per heavy atom. The van der Waals surface area contributed by atoms with E-state index in [1.54, 1.807) is 11.0 Å². The highest BCUT2D eigenvalue weighted by Gasteiger charge is 2.13. The van der Waals surface area contributed by atoms with E-state index in [0.717, 1.165) is 30.3 Å². The van der Waals surface area contributed by atoms with E-state index in [0.29, 0.717) is 18.1 Å². The van der Waals surface area contributed by atoms with Crippen LogP contribution in [0.15, 0.2) is 6.33 Å². The SMILES string of the molecule is CCNCc1ncn(Cc2c(Cl)c(C)nn2CC)n1. The number of rotatable bonds is 6. The molecule has 2 rings (SSSR count). The van der Waals surface area contributed by atoms with Gasteiger partial charge in [0.25, 0.3) is 0 Å². The van der Waals surface area contributed by atoms with Crippen molar-refractivity contribution in [1.29, 1.82) is 0 Å². The predicted octanol–water partition coefficient (Wildman–Crippen LogP) is 1.61. The molecule has 6 nitrogen and oxygen atoms in total. The zero-order chi connectivity index (χ0) is 13.8. The first-order chi connectivity index (χ1) is 9.15. The highest BCUT2D eigenvalue weighted by molar-refractivity contribution is 6.31. The number of aromatic nitrogens is 5. The molecule has 19 heavy (non-hydrogen) atoms. The van der Waals surface area contributed by atoms with E-state index >= 15 is 0 Å². The molecule has 104 valence electrons. The van der Waals surface area contributed by atoms with Crippen LogP contribution in [0.2, 0.25) is 5.02 Å². The lowest BCUT2D eigenvalue weighted by atomic mass is 10.3. The molecule has 0 bridgehead atoms. The molecule has 7 heteroatoms. The Bertz CT molecular complexity index is 544. The number of halogens is 1. The maximum absolute atomic E-state index is 6.28. The van der Waals surface area contributed by atoms with Gasteiger partial charge in [0, 0.05) is 6.54 Å². The number of nitrogens with zero attached hydrogens (tertiary/aromatic N) is 5. The molecule has 2 heterocycles. The lowest BCUT2D eigenvalue weighted by molar-refractivity contribution is 0.569. The summed E-state index contributed by atoms with van der Waals surface area (Å²) in [6.45, 7) is 8.99. The first-order valence-corrected chi connectivity index (χ1v) is 6.84. The molecule has 0 unspecified atom stereocenters. The molecule has 2 aromatic rings. The molecule has 0 saturated heterocycles. The van der Waals surface area contributed by atoms with Crippen molar-refractivity contribution in [2.24, 2.45) is 0 Å². The van der Waals surface area contributed by atoms with Gasteiger partial charge in [0.1, 0.15) is 6.33 Å². The lowest BCUT2D eigenvalue weighted by Crippen LogP contribution is -2.14. The Hall–Kier alpha value is -1.40. The van der Waals surface area contributed by atoms with Crippen molar-refractivity contribution in [3.8, 4) is 0 Å². The van der Waals surface area contributed by atoms with Gasteiger partial charge in [-0.05, 0) is 20.4 Å². The van der Waals surface area contributed by atoms with Crippen LogP contribution in [0.25, 0.3) is 0 Å². The quantitative estimate of drug-likeness (QED) is 0.874. The average molecular weight is 283 g/mol. The fourth-order valence-electron chi connectivity index (χ4n) is 1.90. The fourth-order valence-corrected chi connectivity index (χ4v) is 2.10. The summed E-state index contributed by atoms with van der Waals surface area (Å²) in [7, 11) is 0. The summed E-state index contributed by atoms with van der Waals surface area (Å²) in [5.41, 5.74) is 1.83. The summed E-state index contributed by atoms with van der Waals surface area (Å²) in [6.07, 6.45) is 1.73. The van der Waals surface area contributed by atoms with Crippen LogP contribution in [0, 0.1) is 6.92 Å².